The fourth-order valence-electron chi connectivity index (χ4n) is 3.32. The first-order chi connectivity index (χ1) is 13.0. The van der Waals surface area contributed by atoms with Crippen molar-refractivity contribution < 1.29 is 14.3 Å². The minimum atomic E-state index is -0.454. The number of thiophene rings is 2. The van der Waals surface area contributed by atoms with Crippen molar-refractivity contribution in [3.05, 3.63) is 44.8 Å². The highest BCUT2D eigenvalue weighted by Crippen LogP contribution is 2.27. The van der Waals surface area contributed by atoms with Gasteiger partial charge in [0.05, 0.1) is 5.57 Å². The molecule has 2 aromatic heterocycles. The summed E-state index contributed by atoms with van der Waals surface area (Å²) >= 11 is 3.04. The molecule has 1 fully saturated rings. The van der Waals surface area contributed by atoms with Gasteiger partial charge in [0.25, 0.3) is 5.91 Å². The van der Waals surface area contributed by atoms with Gasteiger partial charge in [0.15, 0.2) is 6.61 Å². The number of hydrogen-bond donors (Lipinski definition) is 0. The summed E-state index contributed by atoms with van der Waals surface area (Å²) in [4.78, 5) is 28.7. The molecule has 1 saturated carbocycles. The summed E-state index contributed by atoms with van der Waals surface area (Å²) in [6.45, 7) is 2.04. The summed E-state index contributed by atoms with van der Waals surface area (Å²) in [7, 11) is 1.82. The standard InChI is InChI=1S/C21H25NO3S2/c1-15-7-9-16(10-8-15)22(2)20(23)14-25-21(24)18(19-6-4-12-27-19)13-17-5-3-11-26-17/h3-6,11-13,15-16H,7-10,14H2,1-2H3/b18-13+. The lowest BCUT2D eigenvalue weighted by atomic mass is 9.87. The van der Waals surface area contributed by atoms with Crippen LogP contribution < -0.4 is 0 Å². The zero-order valence-electron chi connectivity index (χ0n) is 15.7. The normalized spacial score (nSPS) is 20.3. The zero-order valence-corrected chi connectivity index (χ0v) is 17.4. The Hall–Kier alpha value is -1.92. The summed E-state index contributed by atoms with van der Waals surface area (Å²) in [5, 5.41) is 3.89. The molecular formula is C21H25NO3S2. The highest BCUT2D eigenvalue weighted by Gasteiger charge is 2.26. The van der Waals surface area contributed by atoms with Gasteiger partial charge >= 0.3 is 5.97 Å². The molecule has 0 bridgehead atoms. The van der Waals surface area contributed by atoms with E-state index in [9.17, 15) is 9.59 Å². The van der Waals surface area contributed by atoms with Gasteiger partial charge in [0.2, 0.25) is 0 Å². The van der Waals surface area contributed by atoms with Gasteiger partial charge in [-0.05, 0) is 60.6 Å². The maximum Gasteiger partial charge on any atom is 0.340 e. The molecule has 0 saturated heterocycles. The highest BCUT2D eigenvalue weighted by atomic mass is 32.1. The van der Waals surface area contributed by atoms with Gasteiger partial charge in [0.1, 0.15) is 0 Å². The number of hydrogen-bond acceptors (Lipinski definition) is 5. The molecule has 2 heterocycles. The van der Waals surface area contributed by atoms with Crippen molar-refractivity contribution in [2.75, 3.05) is 13.7 Å². The van der Waals surface area contributed by atoms with Gasteiger partial charge < -0.3 is 9.64 Å². The second kappa shape index (κ2) is 9.33. The molecule has 27 heavy (non-hydrogen) atoms. The Bertz CT molecular complexity index is 772. The number of ether oxygens (including phenoxy) is 1. The van der Waals surface area contributed by atoms with Crippen molar-refractivity contribution in [3.8, 4) is 0 Å². The maximum absolute atomic E-state index is 12.7. The van der Waals surface area contributed by atoms with Crippen molar-refractivity contribution in [1.82, 2.24) is 4.90 Å². The summed E-state index contributed by atoms with van der Waals surface area (Å²) in [5.74, 6) is 0.146. The third-order valence-electron chi connectivity index (χ3n) is 5.09. The summed E-state index contributed by atoms with van der Waals surface area (Å²) in [6, 6.07) is 7.94. The van der Waals surface area contributed by atoms with Crippen LogP contribution in [0.15, 0.2) is 35.0 Å². The van der Waals surface area contributed by atoms with E-state index in [1.165, 1.54) is 11.3 Å². The summed E-state index contributed by atoms with van der Waals surface area (Å²) in [5.41, 5.74) is 0.495. The third kappa shape index (κ3) is 5.30. The monoisotopic (exact) mass is 403 g/mol. The Kier molecular flexibility index (Phi) is 6.85. The van der Waals surface area contributed by atoms with E-state index in [-0.39, 0.29) is 18.6 Å². The number of amides is 1. The van der Waals surface area contributed by atoms with Crippen molar-refractivity contribution in [3.63, 3.8) is 0 Å². The van der Waals surface area contributed by atoms with Crippen LogP contribution in [0.5, 0.6) is 0 Å². The molecule has 0 spiro atoms. The van der Waals surface area contributed by atoms with E-state index in [0.717, 1.165) is 41.4 Å². The van der Waals surface area contributed by atoms with E-state index in [4.69, 9.17) is 4.74 Å². The fourth-order valence-corrected chi connectivity index (χ4v) is 4.71. The second-order valence-corrected chi connectivity index (χ2v) is 8.97. The van der Waals surface area contributed by atoms with Gasteiger partial charge in [-0.2, -0.15) is 0 Å². The molecule has 3 rings (SSSR count). The first-order valence-corrected chi connectivity index (χ1v) is 11.0. The minimum Gasteiger partial charge on any atom is -0.452 e. The minimum absolute atomic E-state index is 0.135. The number of carbonyl (C=O) groups excluding carboxylic acids is 2. The SMILES string of the molecule is CC1CCC(N(C)C(=O)COC(=O)/C(=C/c2cccs2)c2cccs2)CC1. The van der Waals surface area contributed by atoms with Crippen LogP contribution in [0.4, 0.5) is 0 Å². The number of carbonyl (C=O) groups is 2. The Morgan fingerprint density at radius 2 is 1.85 bits per heavy atom. The molecule has 0 aliphatic heterocycles. The lowest BCUT2D eigenvalue weighted by Crippen LogP contribution is -2.41. The molecule has 2 aromatic rings. The molecular weight excluding hydrogens is 378 g/mol. The molecule has 1 amide bonds. The number of likely N-dealkylation sites (N-methyl/N-ethyl adjacent to an activating group) is 1. The lowest BCUT2D eigenvalue weighted by molar-refractivity contribution is -0.148. The van der Waals surface area contributed by atoms with Gasteiger partial charge in [-0.25, -0.2) is 4.79 Å². The Labute approximate surface area is 168 Å². The first kappa shape index (κ1) is 19.8. The van der Waals surface area contributed by atoms with E-state index in [2.05, 4.69) is 6.92 Å². The molecule has 0 radical (unpaired) electrons. The number of esters is 1. The van der Waals surface area contributed by atoms with Gasteiger partial charge in [0, 0.05) is 22.8 Å². The Morgan fingerprint density at radius 3 is 2.48 bits per heavy atom. The van der Waals surface area contributed by atoms with Crippen LogP contribution in [-0.2, 0) is 14.3 Å². The van der Waals surface area contributed by atoms with Gasteiger partial charge in [-0.3, -0.25) is 4.79 Å². The van der Waals surface area contributed by atoms with E-state index in [0.29, 0.717) is 5.57 Å². The largest absolute Gasteiger partial charge is 0.452 e. The zero-order chi connectivity index (χ0) is 19.2. The van der Waals surface area contributed by atoms with E-state index in [1.807, 2.05) is 48.1 Å². The van der Waals surface area contributed by atoms with Crippen molar-refractivity contribution in [2.45, 2.75) is 38.6 Å². The predicted octanol–water partition coefficient (Wildman–Crippen LogP) is 4.93. The third-order valence-corrected chi connectivity index (χ3v) is 6.81. The first-order valence-electron chi connectivity index (χ1n) is 9.26. The molecule has 144 valence electrons. The molecule has 0 unspecified atom stereocenters. The average molecular weight is 404 g/mol. The van der Waals surface area contributed by atoms with Crippen LogP contribution in [0.2, 0.25) is 0 Å². The molecule has 0 atom stereocenters. The van der Waals surface area contributed by atoms with Crippen LogP contribution in [0.3, 0.4) is 0 Å². The molecule has 1 aliphatic rings. The van der Waals surface area contributed by atoms with Crippen molar-refractivity contribution in [2.24, 2.45) is 5.92 Å². The molecule has 0 aromatic carbocycles. The Morgan fingerprint density at radius 1 is 1.15 bits per heavy atom. The summed E-state index contributed by atoms with van der Waals surface area (Å²) in [6.07, 6.45) is 6.17. The van der Waals surface area contributed by atoms with Crippen LogP contribution in [-0.4, -0.2) is 36.5 Å². The quantitative estimate of drug-likeness (QED) is 0.507. The number of nitrogens with zero attached hydrogens (tertiary/aromatic N) is 1. The van der Waals surface area contributed by atoms with E-state index >= 15 is 0 Å². The van der Waals surface area contributed by atoms with Crippen molar-refractivity contribution in [1.29, 1.82) is 0 Å². The summed E-state index contributed by atoms with van der Waals surface area (Å²) < 4.78 is 5.38. The lowest BCUT2D eigenvalue weighted by Gasteiger charge is -2.33. The van der Waals surface area contributed by atoms with Crippen LogP contribution >= 0.6 is 22.7 Å². The van der Waals surface area contributed by atoms with Crippen LogP contribution in [0.1, 0.15) is 42.4 Å². The van der Waals surface area contributed by atoms with Crippen LogP contribution in [0, 0.1) is 5.92 Å². The molecule has 4 nitrogen and oxygen atoms in total. The van der Waals surface area contributed by atoms with Gasteiger partial charge in [-0.1, -0.05) is 19.1 Å². The fraction of sp³-hybridized carbons (Fsp3) is 0.429. The number of rotatable bonds is 6. The van der Waals surface area contributed by atoms with E-state index in [1.54, 1.807) is 16.2 Å². The van der Waals surface area contributed by atoms with Gasteiger partial charge in [-0.15, -0.1) is 22.7 Å². The molecule has 6 heteroatoms. The van der Waals surface area contributed by atoms with Crippen molar-refractivity contribution >= 4 is 46.2 Å². The highest BCUT2D eigenvalue weighted by molar-refractivity contribution is 7.12. The molecule has 0 N–H and O–H groups in total. The van der Waals surface area contributed by atoms with Crippen LogP contribution in [0.25, 0.3) is 11.6 Å². The maximum atomic E-state index is 12.7. The predicted molar refractivity (Wildman–Crippen MR) is 112 cm³/mol. The average Bonchev–Trinajstić information content (AvgIpc) is 3.37. The van der Waals surface area contributed by atoms with E-state index < -0.39 is 5.97 Å². The second-order valence-electron chi connectivity index (χ2n) is 7.05. The smallest absolute Gasteiger partial charge is 0.340 e. The Balaban J connectivity index is 1.61. The molecule has 1 aliphatic carbocycles. The topological polar surface area (TPSA) is 46.6 Å².